The van der Waals surface area contributed by atoms with Gasteiger partial charge < -0.3 is 4.98 Å². The lowest BCUT2D eigenvalue weighted by atomic mass is 10.2. The molecule has 6 heteroatoms. The molecular weight excluding hydrogens is 197 g/mol. The topological polar surface area (TPSA) is 70.2 Å². The summed E-state index contributed by atoms with van der Waals surface area (Å²) in [5, 5.41) is 6.91. The average Bonchev–Trinajstić information content (AvgIpc) is 2.88. The summed E-state index contributed by atoms with van der Waals surface area (Å²) in [4.78, 5) is 10.9. The number of hydrogen-bond acceptors (Lipinski definition) is 3. The quantitative estimate of drug-likeness (QED) is 0.629. The SMILES string of the molecule is Fc1cnc(-c2ncn[nH]2)c2[nH]ccc12. The summed E-state index contributed by atoms with van der Waals surface area (Å²) in [7, 11) is 0. The van der Waals surface area contributed by atoms with Crippen molar-refractivity contribution in [3.05, 3.63) is 30.6 Å². The van der Waals surface area contributed by atoms with Gasteiger partial charge in [-0.3, -0.25) is 5.10 Å². The summed E-state index contributed by atoms with van der Waals surface area (Å²) >= 11 is 0. The molecule has 3 heterocycles. The van der Waals surface area contributed by atoms with Crippen LogP contribution in [0.1, 0.15) is 0 Å². The number of hydrogen-bond donors (Lipinski definition) is 2. The molecule has 0 saturated heterocycles. The van der Waals surface area contributed by atoms with Crippen LogP contribution in [-0.2, 0) is 0 Å². The van der Waals surface area contributed by atoms with Crippen molar-refractivity contribution in [2.45, 2.75) is 0 Å². The van der Waals surface area contributed by atoms with Crippen molar-refractivity contribution in [2.75, 3.05) is 0 Å². The summed E-state index contributed by atoms with van der Waals surface area (Å²) in [5.41, 5.74) is 1.18. The predicted molar refractivity (Wildman–Crippen MR) is 51.4 cm³/mol. The van der Waals surface area contributed by atoms with Crippen molar-refractivity contribution in [3.8, 4) is 11.5 Å². The maximum Gasteiger partial charge on any atom is 0.176 e. The minimum absolute atomic E-state index is 0.352. The smallest absolute Gasteiger partial charge is 0.176 e. The third kappa shape index (κ3) is 1.11. The Kier molecular flexibility index (Phi) is 1.55. The highest BCUT2D eigenvalue weighted by molar-refractivity contribution is 5.90. The van der Waals surface area contributed by atoms with Gasteiger partial charge in [0.25, 0.3) is 0 Å². The molecule has 0 spiro atoms. The van der Waals surface area contributed by atoms with Crippen LogP contribution in [0.4, 0.5) is 4.39 Å². The number of halogens is 1. The van der Waals surface area contributed by atoms with E-state index in [2.05, 4.69) is 25.1 Å². The normalized spacial score (nSPS) is 11.0. The van der Waals surface area contributed by atoms with Crippen molar-refractivity contribution < 1.29 is 4.39 Å². The van der Waals surface area contributed by atoms with E-state index in [-0.39, 0.29) is 5.82 Å². The van der Waals surface area contributed by atoms with Crippen LogP contribution >= 0.6 is 0 Å². The lowest BCUT2D eigenvalue weighted by Crippen LogP contribution is -1.90. The molecule has 0 aliphatic rings. The Morgan fingerprint density at radius 2 is 2.20 bits per heavy atom. The van der Waals surface area contributed by atoms with Gasteiger partial charge in [0, 0.05) is 11.6 Å². The molecule has 0 unspecified atom stereocenters. The van der Waals surface area contributed by atoms with Gasteiger partial charge in [0.15, 0.2) is 11.6 Å². The molecule has 0 aromatic carbocycles. The molecule has 3 aromatic rings. The molecule has 0 bridgehead atoms. The van der Waals surface area contributed by atoms with E-state index in [4.69, 9.17) is 0 Å². The van der Waals surface area contributed by atoms with Gasteiger partial charge >= 0.3 is 0 Å². The van der Waals surface area contributed by atoms with Gasteiger partial charge in [-0.2, -0.15) is 5.10 Å². The summed E-state index contributed by atoms with van der Waals surface area (Å²) < 4.78 is 13.3. The summed E-state index contributed by atoms with van der Waals surface area (Å²) in [6.07, 6.45) is 4.22. The van der Waals surface area contributed by atoms with E-state index in [1.54, 1.807) is 12.3 Å². The third-order valence-corrected chi connectivity index (χ3v) is 2.19. The zero-order chi connectivity index (χ0) is 10.3. The molecule has 15 heavy (non-hydrogen) atoms. The molecule has 3 rings (SSSR count). The maximum atomic E-state index is 13.3. The van der Waals surface area contributed by atoms with Gasteiger partial charge in [-0.15, -0.1) is 0 Å². The van der Waals surface area contributed by atoms with E-state index in [1.807, 2.05) is 0 Å². The number of rotatable bonds is 1. The molecule has 3 aromatic heterocycles. The lowest BCUT2D eigenvalue weighted by Gasteiger charge is -1.98. The minimum atomic E-state index is -0.352. The van der Waals surface area contributed by atoms with Crippen LogP contribution < -0.4 is 0 Å². The first-order valence-electron chi connectivity index (χ1n) is 4.33. The van der Waals surface area contributed by atoms with Gasteiger partial charge in [0.1, 0.15) is 12.0 Å². The second-order valence-electron chi connectivity index (χ2n) is 3.06. The van der Waals surface area contributed by atoms with E-state index < -0.39 is 0 Å². The first-order chi connectivity index (χ1) is 7.36. The summed E-state index contributed by atoms with van der Waals surface area (Å²) in [6.45, 7) is 0. The molecule has 5 nitrogen and oxygen atoms in total. The van der Waals surface area contributed by atoms with Crippen molar-refractivity contribution in [3.63, 3.8) is 0 Å². The van der Waals surface area contributed by atoms with Crippen molar-refractivity contribution in [1.29, 1.82) is 0 Å². The van der Waals surface area contributed by atoms with E-state index in [9.17, 15) is 4.39 Å². The Morgan fingerprint density at radius 3 is 3.00 bits per heavy atom. The van der Waals surface area contributed by atoms with Gasteiger partial charge in [-0.25, -0.2) is 14.4 Å². The number of pyridine rings is 1. The predicted octanol–water partition coefficient (Wildman–Crippen LogP) is 1.49. The van der Waals surface area contributed by atoms with Crippen LogP contribution in [0.5, 0.6) is 0 Å². The molecule has 0 fully saturated rings. The first-order valence-corrected chi connectivity index (χ1v) is 4.33. The monoisotopic (exact) mass is 203 g/mol. The summed E-state index contributed by atoms with van der Waals surface area (Å²) in [6, 6.07) is 1.66. The van der Waals surface area contributed by atoms with E-state index in [0.29, 0.717) is 22.4 Å². The van der Waals surface area contributed by atoms with Gasteiger partial charge in [0.2, 0.25) is 0 Å². The highest BCUT2D eigenvalue weighted by Crippen LogP contribution is 2.23. The molecule has 0 atom stereocenters. The van der Waals surface area contributed by atoms with E-state index in [0.717, 1.165) is 0 Å². The Morgan fingerprint density at radius 1 is 1.27 bits per heavy atom. The average molecular weight is 203 g/mol. The van der Waals surface area contributed by atoms with Crippen molar-refractivity contribution in [1.82, 2.24) is 25.1 Å². The number of nitrogens with one attached hydrogen (secondary N) is 2. The van der Waals surface area contributed by atoms with Crippen LogP contribution in [0, 0.1) is 5.82 Å². The molecule has 74 valence electrons. The molecule has 2 N–H and O–H groups in total. The van der Waals surface area contributed by atoms with Crippen molar-refractivity contribution in [2.24, 2.45) is 0 Å². The minimum Gasteiger partial charge on any atom is -0.359 e. The summed E-state index contributed by atoms with van der Waals surface area (Å²) in [5.74, 6) is 0.164. The van der Waals surface area contributed by atoms with Crippen molar-refractivity contribution >= 4 is 10.9 Å². The Hall–Kier alpha value is -2.24. The molecule has 0 radical (unpaired) electrons. The molecular formula is C9H6FN5. The zero-order valence-electron chi connectivity index (χ0n) is 7.53. The number of aromatic nitrogens is 5. The molecule has 0 aliphatic carbocycles. The zero-order valence-corrected chi connectivity index (χ0v) is 7.53. The first kappa shape index (κ1) is 8.10. The van der Waals surface area contributed by atoms with Crippen LogP contribution in [0.25, 0.3) is 22.4 Å². The largest absolute Gasteiger partial charge is 0.359 e. The highest BCUT2D eigenvalue weighted by Gasteiger charge is 2.11. The van der Waals surface area contributed by atoms with Gasteiger partial charge in [-0.05, 0) is 6.07 Å². The fourth-order valence-corrected chi connectivity index (χ4v) is 1.52. The second kappa shape index (κ2) is 2.88. The van der Waals surface area contributed by atoms with Crippen LogP contribution in [0.3, 0.4) is 0 Å². The number of nitrogens with zero attached hydrogens (tertiary/aromatic N) is 3. The van der Waals surface area contributed by atoms with Gasteiger partial charge in [0.05, 0.1) is 11.7 Å². The van der Waals surface area contributed by atoms with E-state index >= 15 is 0 Å². The van der Waals surface area contributed by atoms with Gasteiger partial charge in [-0.1, -0.05) is 0 Å². The van der Waals surface area contributed by atoms with Crippen LogP contribution in [-0.4, -0.2) is 25.1 Å². The fraction of sp³-hybridized carbons (Fsp3) is 0. The molecule has 0 amide bonds. The molecule has 0 aliphatic heterocycles. The second-order valence-corrected chi connectivity index (χ2v) is 3.06. The molecule has 0 saturated carbocycles. The number of fused-ring (bicyclic) bond motifs is 1. The third-order valence-electron chi connectivity index (χ3n) is 2.19. The number of aromatic amines is 2. The highest BCUT2D eigenvalue weighted by atomic mass is 19.1. The van der Waals surface area contributed by atoms with Crippen LogP contribution in [0.15, 0.2) is 24.8 Å². The maximum absolute atomic E-state index is 13.3. The van der Waals surface area contributed by atoms with Crippen LogP contribution in [0.2, 0.25) is 0 Å². The number of H-pyrrole nitrogens is 2. The van der Waals surface area contributed by atoms with E-state index in [1.165, 1.54) is 12.5 Å². The lowest BCUT2D eigenvalue weighted by molar-refractivity contribution is 0.634. The standard InChI is InChI=1S/C9H6FN5/c10-6-3-12-8(9-13-4-14-15-9)7-5(6)1-2-11-7/h1-4,11H,(H,13,14,15). The Labute approximate surface area is 83.4 Å². The Balaban J connectivity index is 2.37. The Bertz CT molecular complexity index is 598. The fourth-order valence-electron chi connectivity index (χ4n) is 1.52.